The molecule has 5 heterocycles. The van der Waals surface area contributed by atoms with E-state index in [1.54, 1.807) is 0 Å². The lowest BCUT2D eigenvalue weighted by Crippen LogP contribution is -1.95. The molecule has 0 fully saturated rings. The maximum absolute atomic E-state index is 6.69. The maximum atomic E-state index is 6.69. The second kappa shape index (κ2) is 13.6. The smallest absolute Gasteiger partial charge is 0.136 e. The van der Waals surface area contributed by atoms with E-state index in [0.29, 0.717) is 0 Å². The molecule has 0 radical (unpaired) electrons. The van der Waals surface area contributed by atoms with Crippen molar-refractivity contribution in [2.75, 3.05) is 0 Å². The molecule has 0 bridgehead atoms. The van der Waals surface area contributed by atoms with E-state index in [1.807, 2.05) is 29.5 Å². The molecule has 64 heavy (non-hydrogen) atoms. The molecular formula is C59H34N2O2S. The Morgan fingerprint density at radius 3 is 1.92 bits per heavy atom. The minimum atomic E-state index is 0.844. The molecule has 9 aromatic carbocycles. The minimum Gasteiger partial charge on any atom is -0.456 e. The maximum Gasteiger partial charge on any atom is 0.136 e. The molecule has 5 heteroatoms. The van der Waals surface area contributed by atoms with E-state index in [1.165, 1.54) is 42.0 Å². The summed E-state index contributed by atoms with van der Waals surface area (Å²) in [6, 6.07) is 73.6. The molecular weight excluding hydrogens is 801 g/mol. The third-order valence-electron chi connectivity index (χ3n) is 13.0. The number of hydrogen-bond acceptors (Lipinski definition) is 4. The Bertz CT molecular complexity index is 4190. The molecule has 4 nitrogen and oxygen atoms in total. The Morgan fingerprint density at radius 2 is 1.03 bits per heavy atom. The summed E-state index contributed by atoms with van der Waals surface area (Å²) in [4.78, 5) is 5.29. The van der Waals surface area contributed by atoms with Gasteiger partial charge in [-0.2, -0.15) is 0 Å². The summed E-state index contributed by atoms with van der Waals surface area (Å²) in [6.07, 6.45) is 0. The van der Waals surface area contributed by atoms with Crippen LogP contribution in [0.5, 0.6) is 0 Å². The molecule has 14 rings (SSSR count). The first-order chi connectivity index (χ1) is 31.7. The Kier molecular flexibility index (Phi) is 7.53. The molecule has 0 aliphatic rings. The molecule has 5 aromatic heterocycles. The van der Waals surface area contributed by atoms with Crippen molar-refractivity contribution in [3.63, 3.8) is 0 Å². The molecule has 14 aromatic rings. The van der Waals surface area contributed by atoms with Gasteiger partial charge < -0.3 is 13.4 Å². The van der Waals surface area contributed by atoms with Crippen molar-refractivity contribution < 1.29 is 8.83 Å². The van der Waals surface area contributed by atoms with Gasteiger partial charge in [0, 0.05) is 74.9 Å². The highest BCUT2D eigenvalue weighted by atomic mass is 32.1. The van der Waals surface area contributed by atoms with Crippen molar-refractivity contribution >= 4 is 97.2 Å². The Labute approximate surface area is 370 Å². The molecule has 298 valence electrons. The zero-order valence-corrected chi connectivity index (χ0v) is 35.1. The van der Waals surface area contributed by atoms with Gasteiger partial charge in [0.1, 0.15) is 22.3 Å². The molecule has 0 amide bonds. The standard InChI is InChI=1S/C59H34N2O2S/c1-3-13-35(14-4-1)47-32-38(33-48(60-47)37-25-27-43-42-17-7-9-22-50(42)63-53(43)34-37)40-19-12-23-52-56(40)46-31-36(26-29-51(46)62-52)41-20-11-21-45-57-49(61(59(41)45)39-15-5-2-6-16-39)28-30-55-58(57)44-18-8-10-24-54(44)64-55/h1-34H. The van der Waals surface area contributed by atoms with Gasteiger partial charge in [0.05, 0.1) is 22.4 Å². The van der Waals surface area contributed by atoms with Crippen LogP contribution in [0.25, 0.3) is 136 Å². The second-order valence-corrected chi connectivity index (χ2v) is 17.7. The fraction of sp³-hybridized carbons (Fsp3) is 0. The van der Waals surface area contributed by atoms with Gasteiger partial charge in [-0.3, -0.25) is 0 Å². The van der Waals surface area contributed by atoms with Gasteiger partial charge in [0.25, 0.3) is 0 Å². The topological polar surface area (TPSA) is 44.1 Å². The quantitative estimate of drug-likeness (QED) is 0.173. The molecule has 0 aliphatic carbocycles. The van der Waals surface area contributed by atoms with Gasteiger partial charge >= 0.3 is 0 Å². The number of rotatable bonds is 5. The number of hydrogen-bond donors (Lipinski definition) is 0. The summed E-state index contributed by atoms with van der Waals surface area (Å²) in [7, 11) is 0. The Morgan fingerprint density at radius 1 is 0.359 bits per heavy atom. The number of nitrogens with zero attached hydrogens (tertiary/aromatic N) is 2. The molecule has 0 N–H and O–H groups in total. The fourth-order valence-corrected chi connectivity index (χ4v) is 11.3. The lowest BCUT2D eigenvalue weighted by atomic mass is 9.94. The van der Waals surface area contributed by atoms with Gasteiger partial charge in [-0.05, 0) is 95.6 Å². The second-order valence-electron chi connectivity index (χ2n) is 16.6. The van der Waals surface area contributed by atoms with Crippen molar-refractivity contribution in [2.45, 2.75) is 0 Å². The van der Waals surface area contributed by atoms with Crippen LogP contribution >= 0.6 is 11.3 Å². The van der Waals surface area contributed by atoms with Gasteiger partial charge in [0.15, 0.2) is 0 Å². The van der Waals surface area contributed by atoms with Crippen LogP contribution in [-0.2, 0) is 0 Å². The third-order valence-corrected chi connectivity index (χ3v) is 14.1. The zero-order chi connectivity index (χ0) is 41.9. The monoisotopic (exact) mass is 834 g/mol. The van der Waals surface area contributed by atoms with E-state index in [-0.39, 0.29) is 0 Å². The normalized spacial score (nSPS) is 12.1. The van der Waals surface area contributed by atoms with Crippen molar-refractivity contribution in [1.29, 1.82) is 0 Å². The first kappa shape index (κ1) is 35.4. The van der Waals surface area contributed by atoms with Crippen molar-refractivity contribution in [2.24, 2.45) is 0 Å². The number of aromatic nitrogens is 2. The molecule has 0 saturated heterocycles. The predicted octanol–water partition coefficient (Wildman–Crippen LogP) is 17.0. The summed E-state index contributed by atoms with van der Waals surface area (Å²) < 4.78 is 18.1. The average Bonchev–Trinajstić information content (AvgIpc) is 4.12. The third kappa shape index (κ3) is 5.25. The highest BCUT2D eigenvalue weighted by molar-refractivity contribution is 7.26. The van der Waals surface area contributed by atoms with Crippen molar-refractivity contribution in [3.8, 4) is 50.5 Å². The lowest BCUT2D eigenvalue weighted by molar-refractivity contribution is 0.668. The van der Waals surface area contributed by atoms with Crippen LogP contribution in [0.4, 0.5) is 0 Å². The average molecular weight is 835 g/mol. The van der Waals surface area contributed by atoms with Crippen molar-refractivity contribution in [1.82, 2.24) is 9.55 Å². The van der Waals surface area contributed by atoms with Gasteiger partial charge in [-0.25, -0.2) is 4.98 Å². The SMILES string of the molecule is c1ccc(-c2cc(-c3cccc4oc5ccc(-c6cccc7c8c9c(ccc8n(-c8ccccc8)c67)sc6ccccc69)cc5c34)cc(-c3ccc4c(c3)oc3ccccc34)n2)cc1. The number of furan rings is 2. The summed E-state index contributed by atoms with van der Waals surface area (Å²) in [5, 5.41) is 9.49. The van der Waals surface area contributed by atoms with E-state index < -0.39 is 0 Å². The predicted molar refractivity (Wildman–Crippen MR) is 268 cm³/mol. The van der Waals surface area contributed by atoms with Crippen LogP contribution < -0.4 is 0 Å². The highest BCUT2D eigenvalue weighted by Gasteiger charge is 2.22. The Balaban J connectivity index is 1.00. The fourth-order valence-electron chi connectivity index (χ4n) is 10.2. The highest BCUT2D eigenvalue weighted by Crippen LogP contribution is 2.47. The number of thiophene rings is 1. The van der Waals surface area contributed by atoms with Crippen LogP contribution in [0.2, 0.25) is 0 Å². The Hall–Kier alpha value is -8.25. The summed E-state index contributed by atoms with van der Waals surface area (Å²) in [5.41, 5.74) is 15.2. The van der Waals surface area contributed by atoms with Crippen molar-refractivity contribution in [3.05, 3.63) is 206 Å². The van der Waals surface area contributed by atoms with Crippen LogP contribution in [0.1, 0.15) is 0 Å². The molecule has 0 atom stereocenters. The molecule has 0 unspecified atom stereocenters. The lowest BCUT2D eigenvalue weighted by Gasteiger charge is -2.12. The minimum absolute atomic E-state index is 0.844. The molecule has 0 saturated carbocycles. The molecule has 0 spiro atoms. The van der Waals surface area contributed by atoms with E-state index in [9.17, 15) is 0 Å². The number of benzene rings is 9. The van der Waals surface area contributed by atoms with E-state index in [4.69, 9.17) is 13.8 Å². The van der Waals surface area contributed by atoms with E-state index >= 15 is 0 Å². The van der Waals surface area contributed by atoms with Gasteiger partial charge in [0.2, 0.25) is 0 Å². The summed E-state index contributed by atoms with van der Waals surface area (Å²) in [6.45, 7) is 0. The van der Waals surface area contributed by atoms with Gasteiger partial charge in [-0.1, -0.05) is 127 Å². The number of para-hydroxylation sites is 3. The van der Waals surface area contributed by atoms with Gasteiger partial charge in [-0.15, -0.1) is 11.3 Å². The summed E-state index contributed by atoms with van der Waals surface area (Å²) >= 11 is 1.87. The van der Waals surface area contributed by atoms with Crippen LogP contribution in [0.15, 0.2) is 215 Å². The van der Waals surface area contributed by atoms with Crippen LogP contribution in [0.3, 0.4) is 0 Å². The number of pyridine rings is 1. The van der Waals surface area contributed by atoms with E-state index in [0.717, 1.165) is 94.3 Å². The first-order valence-corrected chi connectivity index (χ1v) is 22.4. The van der Waals surface area contributed by atoms with E-state index in [2.05, 4.69) is 193 Å². The number of fused-ring (bicyclic) bond motifs is 13. The largest absolute Gasteiger partial charge is 0.456 e. The van der Waals surface area contributed by atoms with Crippen LogP contribution in [-0.4, -0.2) is 9.55 Å². The zero-order valence-electron chi connectivity index (χ0n) is 34.2. The first-order valence-electron chi connectivity index (χ1n) is 21.6. The van der Waals surface area contributed by atoms with Crippen LogP contribution in [0, 0.1) is 0 Å². The molecule has 0 aliphatic heterocycles. The summed E-state index contributed by atoms with van der Waals surface area (Å²) in [5.74, 6) is 0.